The van der Waals surface area contributed by atoms with Crippen molar-refractivity contribution in [2.75, 3.05) is 5.73 Å². The maximum absolute atomic E-state index is 10.7. The summed E-state index contributed by atoms with van der Waals surface area (Å²) in [5.41, 5.74) is 8.34. The van der Waals surface area contributed by atoms with Gasteiger partial charge in [-0.15, -0.1) is 0 Å². The average Bonchev–Trinajstić information content (AvgIpc) is 2.36. The van der Waals surface area contributed by atoms with Crippen molar-refractivity contribution in [3.63, 3.8) is 0 Å². The number of anilines is 1. The lowest BCUT2D eigenvalue weighted by atomic mass is 10.1. The van der Waals surface area contributed by atoms with E-state index in [-0.39, 0.29) is 18.0 Å². The number of hydrogen-bond donors (Lipinski definition) is 1. The highest BCUT2D eigenvalue weighted by atomic mass is 35.5. The number of halogens is 1. The molecular formula is C15H15ClN2O3. The molecule has 0 spiro atoms. The summed E-state index contributed by atoms with van der Waals surface area (Å²) < 4.78 is 5.78. The van der Waals surface area contributed by atoms with Gasteiger partial charge in [0.2, 0.25) is 0 Å². The summed E-state index contributed by atoms with van der Waals surface area (Å²) in [5.74, 6) is 0.760. The molecule has 2 aromatic rings. The smallest absolute Gasteiger partial charge is 0.292 e. The Morgan fingerprint density at radius 1 is 1.24 bits per heavy atom. The van der Waals surface area contributed by atoms with Crippen molar-refractivity contribution >= 4 is 23.0 Å². The molecule has 0 fully saturated rings. The summed E-state index contributed by atoms with van der Waals surface area (Å²) in [6.45, 7) is 4.11. The molecule has 6 heteroatoms. The van der Waals surface area contributed by atoms with Crippen LogP contribution in [0.1, 0.15) is 16.7 Å². The third kappa shape index (κ3) is 3.44. The molecular weight excluding hydrogens is 292 g/mol. The number of nitrogens with two attached hydrogens (primary N) is 1. The predicted molar refractivity (Wildman–Crippen MR) is 82.8 cm³/mol. The molecule has 0 aliphatic rings. The van der Waals surface area contributed by atoms with Gasteiger partial charge in [0.05, 0.1) is 4.92 Å². The molecule has 0 saturated heterocycles. The van der Waals surface area contributed by atoms with Crippen LogP contribution in [-0.2, 0) is 6.61 Å². The monoisotopic (exact) mass is 306 g/mol. The van der Waals surface area contributed by atoms with Crippen molar-refractivity contribution in [1.29, 1.82) is 0 Å². The number of nitro benzene ring substituents is 1. The van der Waals surface area contributed by atoms with E-state index in [9.17, 15) is 10.1 Å². The van der Waals surface area contributed by atoms with Gasteiger partial charge in [-0.05, 0) is 54.8 Å². The van der Waals surface area contributed by atoms with Gasteiger partial charge in [0.15, 0.2) is 0 Å². The highest BCUT2D eigenvalue weighted by Gasteiger charge is 2.12. The first-order valence-corrected chi connectivity index (χ1v) is 6.68. The molecule has 0 atom stereocenters. The second-order valence-electron chi connectivity index (χ2n) is 4.81. The van der Waals surface area contributed by atoms with Gasteiger partial charge in [0, 0.05) is 11.1 Å². The summed E-state index contributed by atoms with van der Waals surface area (Å²) in [6.07, 6.45) is 0. The molecule has 0 aromatic heterocycles. The van der Waals surface area contributed by atoms with Crippen LogP contribution in [-0.4, -0.2) is 4.92 Å². The Morgan fingerprint density at radius 2 is 1.86 bits per heavy atom. The Labute approximate surface area is 127 Å². The molecule has 0 aliphatic carbocycles. The van der Waals surface area contributed by atoms with E-state index in [1.165, 1.54) is 6.07 Å². The van der Waals surface area contributed by atoms with Crippen molar-refractivity contribution in [2.24, 2.45) is 0 Å². The van der Waals surface area contributed by atoms with Gasteiger partial charge in [-0.1, -0.05) is 11.6 Å². The van der Waals surface area contributed by atoms with Crippen LogP contribution in [0.25, 0.3) is 0 Å². The molecule has 0 radical (unpaired) electrons. The maximum Gasteiger partial charge on any atom is 0.292 e. The molecule has 0 bridgehead atoms. The summed E-state index contributed by atoms with van der Waals surface area (Å²) in [6, 6.07) is 8.23. The second kappa shape index (κ2) is 6.01. The Hall–Kier alpha value is -2.27. The third-order valence-corrected chi connectivity index (χ3v) is 3.32. The molecule has 110 valence electrons. The molecule has 0 heterocycles. The van der Waals surface area contributed by atoms with Crippen LogP contribution in [0, 0.1) is 24.0 Å². The van der Waals surface area contributed by atoms with E-state index in [1.54, 1.807) is 12.1 Å². The Kier molecular flexibility index (Phi) is 4.33. The van der Waals surface area contributed by atoms with E-state index in [1.807, 2.05) is 26.0 Å². The first kappa shape index (κ1) is 15.1. The van der Waals surface area contributed by atoms with E-state index in [4.69, 9.17) is 22.1 Å². The maximum atomic E-state index is 10.7. The summed E-state index contributed by atoms with van der Waals surface area (Å²) in [5, 5.41) is 11.4. The number of benzene rings is 2. The summed E-state index contributed by atoms with van der Waals surface area (Å²) in [7, 11) is 0. The first-order valence-electron chi connectivity index (χ1n) is 6.31. The molecule has 0 saturated carbocycles. The number of aryl methyl sites for hydroxylation is 2. The molecule has 2 rings (SSSR count). The SMILES string of the molecule is Cc1cc(Cl)cc(C)c1OCc1ccc([N+](=O)[O-])c(N)c1. The Balaban J connectivity index is 2.17. The lowest BCUT2D eigenvalue weighted by molar-refractivity contribution is -0.383. The molecule has 2 aromatic carbocycles. The van der Waals surface area contributed by atoms with Crippen LogP contribution in [0.2, 0.25) is 5.02 Å². The van der Waals surface area contributed by atoms with Gasteiger partial charge in [0.1, 0.15) is 18.0 Å². The molecule has 21 heavy (non-hydrogen) atoms. The normalized spacial score (nSPS) is 10.4. The molecule has 5 nitrogen and oxygen atoms in total. The first-order chi connectivity index (χ1) is 9.88. The average molecular weight is 307 g/mol. The van der Waals surface area contributed by atoms with Crippen LogP contribution >= 0.6 is 11.6 Å². The minimum atomic E-state index is -0.506. The van der Waals surface area contributed by atoms with E-state index in [2.05, 4.69) is 0 Å². The zero-order valence-corrected chi connectivity index (χ0v) is 12.5. The Morgan fingerprint density at radius 3 is 2.38 bits per heavy atom. The van der Waals surface area contributed by atoms with Crippen LogP contribution in [0.5, 0.6) is 5.75 Å². The quantitative estimate of drug-likeness (QED) is 0.525. The lowest BCUT2D eigenvalue weighted by Gasteiger charge is -2.13. The van der Waals surface area contributed by atoms with Crippen molar-refractivity contribution in [3.8, 4) is 5.75 Å². The number of hydrogen-bond acceptors (Lipinski definition) is 4. The number of rotatable bonds is 4. The Bertz CT molecular complexity index is 678. The van der Waals surface area contributed by atoms with E-state index < -0.39 is 4.92 Å². The number of nitrogens with zero attached hydrogens (tertiary/aromatic N) is 1. The zero-order chi connectivity index (χ0) is 15.6. The fourth-order valence-electron chi connectivity index (χ4n) is 2.14. The van der Waals surface area contributed by atoms with E-state index >= 15 is 0 Å². The fraction of sp³-hybridized carbons (Fsp3) is 0.200. The highest BCUT2D eigenvalue weighted by molar-refractivity contribution is 6.30. The standard InChI is InChI=1S/C15H15ClN2O3/c1-9-5-12(16)6-10(2)15(9)21-8-11-3-4-14(18(19)20)13(17)7-11/h3-7H,8,17H2,1-2H3. The number of ether oxygens (including phenoxy) is 1. The topological polar surface area (TPSA) is 78.4 Å². The van der Waals surface area contributed by atoms with E-state index in [0.717, 1.165) is 22.4 Å². The van der Waals surface area contributed by atoms with Gasteiger partial charge in [-0.3, -0.25) is 10.1 Å². The lowest BCUT2D eigenvalue weighted by Crippen LogP contribution is -2.01. The third-order valence-electron chi connectivity index (χ3n) is 3.10. The van der Waals surface area contributed by atoms with Crippen molar-refractivity contribution in [1.82, 2.24) is 0 Å². The molecule has 0 amide bonds. The molecule has 0 aliphatic heterocycles. The van der Waals surface area contributed by atoms with Crippen molar-refractivity contribution in [3.05, 3.63) is 62.2 Å². The van der Waals surface area contributed by atoms with Crippen LogP contribution in [0.4, 0.5) is 11.4 Å². The largest absolute Gasteiger partial charge is 0.488 e. The minimum Gasteiger partial charge on any atom is -0.488 e. The minimum absolute atomic E-state index is 0.0994. The summed E-state index contributed by atoms with van der Waals surface area (Å²) >= 11 is 5.97. The van der Waals surface area contributed by atoms with Crippen molar-refractivity contribution in [2.45, 2.75) is 20.5 Å². The van der Waals surface area contributed by atoms with Crippen LogP contribution in [0.3, 0.4) is 0 Å². The van der Waals surface area contributed by atoms with Crippen molar-refractivity contribution < 1.29 is 9.66 Å². The zero-order valence-electron chi connectivity index (χ0n) is 11.7. The van der Waals surface area contributed by atoms with Crippen LogP contribution in [0.15, 0.2) is 30.3 Å². The van der Waals surface area contributed by atoms with Gasteiger partial charge < -0.3 is 10.5 Å². The summed E-state index contributed by atoms with van der Waals surface area (Å²) in [4.78, 5) is 10.2. The highest BCUT2D eigenvalue weighted by Crippen LogP contribution is 2.28. The van der Waals surface area contributed by atoms with Gasteiger partial charge in [-0.25, -0.2) is 0 Å². The second-order valence-corrected chi connectivity index (χ2v) is 5.24. The molecule has 2 N–H and O–H groups in total. The van der Waals surface area contributed by atoms with E-state index in [0.29, 0.717) is 5.02 Å². The number of nitro groups is 1. The fourth-order valence-corrected chi connectivity index (χ4v) is 2.47. The number of nitrogen functional groups attached to an aromatic ring is 1. The van der Waals surface area contributed by atoms with Gasteiger partial charge in [-0.2, -0.15) is 0 Å². The van der Waals surface area contributed by atoms with Gasteiger partial charge in [0.25, 0.3) is 5.69 Å². The van der Waals surface area contributed by atoms with Gasteiger partial charge >= 0.3 is 0 Å². The van der Waals surface area contributed by atoms with Crippen LogP contribution < -0.4 is 10.5 Å². The molecule has 0 unspecified atom stereocenters. The predicted octanol–water partition coefficient (Wildman–Crippen LogP) is 4.03.